The molecule has 0 aliphatic heterocycles. The van der Waals surface area contributed by atoms with Crippen LogP contribution in [-0.2, 0) is 6.54 Å². The first kappa shape index (κ1) is 13.4. The lowest BCUT2D eigenvalue weighted by atomic mass is 10.1. The fourth-order valence-corrected chi connectivity index (χ4v) is 2.10. The van der Waals surface area contributed by atoms with E-state index in [1.54, 1.807) is 24.3 Å². The van der Waals surface area contributed by atoms with Crippen molar-refractivity contribution >= 4 is 17.3 Å². The van der Waals surface area contributed by atoms with E-state index >= 15 is 0 Å². The standard InChI is InChI=1S/C15H12ClFN2/c1-19(10-11-5-7-12(17)8-6-11)15-4-2-3-14(16)13(15)9-18/h2-8H,10H2,1H3. The molecule has 2 aromatic rings. The molecule has 0 radical (unpaired) electrons. The molecular formula is C15H12ClFN2. The molecule has 2 rings (SSSR count). The summed E-state index contributed by atoms with van der Waals surface area (Å²) in [5.41, 5.74) is 2.18. The van der Waals surface area contributed by atoms with Gasteiger partial charge in [0.25, 0.3) is 0 Å². The maximum atomic E-state index is 12.8. The molecule has 0 amide bonds. The predicted molar refractivity (Wildman–Crippen MR) is 74.7 cm³/mol. The van der Waals surface area contributed by atoms with Gasteiger partial charge in [0.1, 0.15) is 11.9 Å². The van der Waals surface area contributed by atoms with Gasteiger partial charge in [-0.25, -0.2) is 4.39 Å². The van der Waals surface area contributed by atoms with Gasteiger partial charge in [0.2, 0.25) is 0 Å². The molecule has 0 N–H and O–H groups in total. The number of nitriles is 1. The smallest absolute Gasteiger partial charge is 0.123 e. The van der Waals surface area contributed by atoms with E-state index < -0.39 is 0 Å². The Morgan fingerprint density at radius 3 is 2.53 bits per heavy atom. The van der Waals surface area contributed by atoms with E-state index in [-0.39, 0.29) is 5.82 Å². The Morgan fingerprint density at radius 1 is 1.21 bits per heavy atom. The van der Waals surface area contributed by atoms with Gasteiger partial charge in [-0.3, -0.25) is 0 Å². The van der Waals surface area contributed by atoms with Crippen molar-refractivity contribution in [3.8, 4) is 6.07 Å². The quantitative estimate of drug-likeness (QED) is 0.846. The second kappa shape index (κ2) is 5.73. The van der Waals surface area contributed by atoms with Gasteiger partial charge in [0.05, 0.1) is 16.3 Å². The van der Waals surface area contributed by atoms with Crippen LogP contribution in [0.4, 0.5) is 10.1 Å². The molecule has 4 heteroatoms. The molecule has 0 fully saturated rings. The van der Waals surface area contributed by atoms with E-state index in [0.717, 1.165) is 11.3 Å². The average molecular weight is 275 g/mol. The molecule has 19 heavy (non-hydrogen) atoms. The van der Waals surface area contributed by atoms with Crippen molar-refractivity contribution in [2.24, 2.45) is 0 Å². The van der Waals surface area contributed by atoms with Crippen LogP contribution in [0.5, 0.6) is 0 Å². The summed E-state index contributed by atoms with van der Waals surface area (Å²) in [6.45, 7) is 0.579. The van der Waals surface area contributed by atoms with Crippen LogP contribution in [0.25, 0.3) is 0 Å². The molecule has 0 spiro atoms. The number of benzene rings is 2. The molecule has 0 unspecified atom stereocenters. The molecule has 96 valence electrons. The van der Waals surface area contributed by atoms with Gasteiger partial charge in [-0.05, 0) is 29.8 Å². The topological polar surface area (TPSA) is 27.0 Å². The van der Waals surface area contributed by atoms with Gasteiger partial charge in [-0.15, -0.1) is 0 Å². The number of nitrogens with zero attached hydrogens (tertiary/aromatic N) is 2. The van der Waals surface area contributed by atoms with Crippen LogP contribution >= 0.6 is 11.6 Å². The minimum atomic E-state index is -0.258. The molecular weight excluding hydrogens is 263 g/mol. The highest BCUT2D eigenvalue weighted by Gasteiger charge is 2.10. The van der Waals surface area contributed by atoms with Gasteiger partial charge < -0.3 is 4.90 Å². The summed E-state index contributed by atoms with van der Waals surface area (Å²) >= 11 is 6.00. The van der Waals surface area contributed by atoms with Crippen LogP contribution in [0.3, 0.4) is 0 Å². The maximum Gasteiger partial charge on any atom is 0.123 e. The summed E-state index contributed by atoms with van der Waals surface area (Å²) < 4.78 is 12.8. The average Bonchev–Trinajstić information content (AvgIpc) is 2.41. The van der Waals surface area contributed by atoms with E-state index in [1.165, 1.54) is 12.1 Å². The van der Waals surface area contributed by atoms with Crippen molar-refractivity contribution in [2.45, 2.75) is 6.54 Å². The van der Waals surface area contributed by atoms with Crippen molar-refractivity contribution in [3.63, 3.8) is 0 Å². The molecule has 0 bridgehead atoms. The van der Waals surface area contributed by atoms with E-state index in [2.05, 4.69) is 6.07 Å². The first-order valence-corrected chi connectivity index (χ1v) is 6.14. The van der Waals surface area contributed by atoms with Gasteiger partial charge >= 0.3 is 0 Å². The normalized spacial score (nSPS) is 10.0. The van der Waals surface area contributed by atoms with Crippen LogP contribution in [0, 0.1) is 17.1 Å². The van der Waals surface area contributed by atoms with E-state index in [0.29, 0.717) is 17.1 Å². The van der Waals surface area contributed by atoms with Crippen molar-refractivity contribution in [1.82, 2.24) is 0 Å². The van der Waals surface area contributed by atoms with Crippen molar-refractivity contribution in [1.29, 1.82) is 5.26 Å². The van der Waals surface area contributed by atoms with Gasteiger partial charge in [-0.1, -0.05) is 29.8 Å². The lowest BCUT2D eigenvalue weighted by molar-refractivity contribution is 0.627. The van der Waals surface area contributed by atoms with Gasteiger partial charge in [0.15, 0.2) is 0 Å². The summed E-state index contributed by atoms with van der Waals surface area (Å²) in [5.74, 6) is -0.258. The van der Waals surface area contributed by atoms with Gasteiger partial charge in [0, 0.05) is 13.6 Å². The highest BCUT2D eigenvalue weighted by Crippen LogP contribution is 2.26. The second-order valence-corrected chi connectivity index (χ2v) is 4.64. The van der Waals surface area contributed by atoms with Gasteiger partial charge in [-0.2, -0.15) is 5.26 Å². The molecule has 2 aromatic carbocycles. The largest absolute Gasteiger partial charge is 0.369 e. The molecule has 0 aromatic heterocycles. The molecule has 0 atom stereocenters. The number of hydrogen-bond acceptors (Lipinski definition) is 2. The monoisotopic (exact) mass is 274 g/mol. The van der Waals surface area contributed by atoms with Crippen LogP contribution in [0.2, 0.25) is 5.02 Å². The number of halogens is 2. The first-order valence-electron chi connectivity index (χ1n) is 5.76. The zero-order valence-corrected chi connectivity index (χ0v) is 11.2. The Morgan fingerprint density at radius 2 is 1.89 bits per heavy atom. The second-order valence-electron chi connectivity index (χ2n) is 4.23. The van der Waals surface area contributed by atoms with Crippen molar-refractivity contribution in [2.75, 3.05) is 11.9 Å². The summed E-state index contributed by atoms with van der Waals surface area (Å²) in [5, 5.41) is 9.58. The Bertz CT molecular complexity index is 617. The number of rotatable bonds is 3. The van der Waals surface area contributed by atoms with E-state index in [9.17, 15) is 4.39 Å². The third kappa shape index (κ3) is 3.04. The number of hydrogen-bond donors (Lipinski definition) is 0. The fraction of sp³-hybridized carbons (Fsp3) is 0.133. The van der Waals surface area contributed by atoms with Crippen molar-refractivity contribution < 1.29 is 4.39 Å². The Balaban J connectivity index is 2.25. The Labute approximate surface area is 116 Å². The molecule has 0 saturated carbocycles. The number of anilines is 1. The van der Waals surface area contributed by atoms with Crippen LogP contribution in [0.15, 0.2) is 42.5 Å². The first-order chi connectivity index (χ1) is 9.11. The summed E-state index contributed by atoms with van der Waals surface area (Å²) in [6, 6.07) is 13.7. The molecule has 0 heterocycles. The summed E-state index contributed by atoms with van der Waals surface area (Å²) in [4.78, 5) is 1.91. The highest BCUT2D eigenvalue weighted by atomic mass is 35.5. The molecule has 0 aliphatic rings. The molecule has 0 saturated heterocycles. The highest BCUT2D eigenvalue weighted by molar-refractivity contribution is 6.32. The third-order valence-electron chi connectivity index (χ3n) is 2.85. The molecule has 0 aliphatic carbocycles. The van der Waals surface area contributed by atoms with E-state index in [1.807, 2.05) is 18.0 Å². The van der Waals surface area contributed by atoms with Crippen molar-refractivity contribution in [3.05, 3.63) is 64.4 Å². The van der Waals surface area contributed by atoms with Crippen LogP contribution in [-0.4, -0.2) is 7.05 Å². The Kier molecular flexibility index (Phi) is 4.03. The Hall–Kier alpha value is -2.05. The zero-order valence-electron chi connectivity index (χ0n) is 10.4. The molecule has 2 nitrogen and oxygen atoms in total. The lowest BCUT2D eigenvalue weighted by Crippen LogP contribution is -2.17. The minimum absolute atomic E-state index is 0.258. The predicted octanol–water partition coefficient (Wildman–Crippen LogP) is 3.99. The summed E-state index contributed by atoms with van der Waals surface area (Å²) in [6.07, 6.45) is 0. The van der Waals surface area contributed by atoms with E-state index in [4.69, 9.17) is 16.9 Å². The van der Waals surface area contributed by atoms with Crippen LogP contribution in [0.1, 0.15) is 11.1 Å². The lowest BCUT2D eigenvalue weighted by Gasteiger charge is -2.21. The van der Waals surface area contributed by atoms with Crippen LogP contribution < -0.4 is 4.90 Å². The SMILES string of the molecule is CN(Cc1ccc(F)cc1)c1cccc(Cl)c1C#N. The fourth-order valence-electron chi connectivity index (χ4n) is 1.89. The summed E-state index contributed by atoms with van der Waals surface area (Å²) in [7, 11) is 1.87. The maximum absolute atomic E-state index is 12.8. The third-order valence-corrected chi connectivity index (χ3v) is 3.16. The minimum Gasteiger partial charge on any atom is -0.369 e. The zero-order chi connectivity index (χ0) is 13.8.